The summed E-state index contributed by atoms with van der Waals surface area (Å²) in [6, 6.07) is 3.05. The van der Waals surface area contributed by atoms with E-state index in [9.17, 15) is 63.9 Å². The third kappa shape index (κ3) is 25.1. The molecule has 0 heterocycles. The van der Waals surface area contributed by atoms with E-state index >= 15 is 0 Å². The largest absolute Gasteiger partial charge is 0.508 e. The first-order valence-corrected chi connectivity index (χ1v) is 23.6. The molecule has 7 atom stereocenters. The van der Waals surface area contributed by atoms with Gasteiger partial charge in [-0.3, -0.25) is 38.4 Å². The summed E-state index contributed by atoms with van der Waals surface area (Å²) in [4.78, 5) is 103. The molecule has 0 aliphatic heterocycles. The van der Waals surface area contributed by atoms with Crippen molar-refractivity contribution in [1.29, 1.82) is 0 Å². The topological polar surface area (TPSA) is 286 Å². The summed E-state index contributed by atoms with van der Waals surface area (Å²) < 4.78 is 0. The molecular formula is C48H78N4O13. The maximum atomic E-state index is 13.7. The molecule has 1 aromatic carbocycles. The second-order valence-corrected chi connectivity index (χ2v) is 17.2. The Balaban J connectivity index is 2.72. The Hall–Kier alpha value is -4.58. The zero-order chi connectivity index (χ0) is 48.7. The molecule has 17 nitrogen and oxygen atoms in total. The molecule has 0 saturated heterocycles. The van der Waals surface area contributed by atoms with Gasteiger partial charge in [-0.2, -0.15) is 0 Å². The van der Waals surface area contributed by atoms with Crippen LogP contribution in [-0.2, 0) is 44.8 Å². The highest BCUT2D eigenvalue weighted by Crippen LogP contribution is 2.18. The van der Waals surface area contributed by atoms with Crippen LogP contribution in [0.5, 0.6) is 5.75 Å². The van der Waals surface area contributed by atoms with Crippen molar-refractivity contribution < 1.29 is 63.9 Å². The van der Waals surface area contributed by atoms with Crippen LogP contribution in [-0.4, -0.2) is 123 Å². The summed E-state index contributed by atoms with van der Waals surface area (Å²) in [6.45, 7) is 3.84. The molecule has 1 rings (SSSR count). The molecule has 0 spiro atoms. The predicted molar refractivity (Wildman–Crippen MR) is 244 cm³/mol. The van der Waals surface area contributed by atoms with Crippen molar-refractivity contribution >= 4 is 46.8 Å². The number of rotatable bonds is 38. The Morgan fingerprint density at radius 1 is 0.569 bits per heavy atom. The first-order valence-electron chi connectivity index (χ1n) is 23.6. The van der Waals surface area contributed by atoms with E-state index in [2.05, 4.69) is 28.2 Å². The number of aliphatic hydroxyl groups is 4. The minimum absolute atomic E-state index is 0.00440. The first-order chi connectivity index (χ1) is 31.0. The Morgan fingerprint density at radius 3 is 1.58 bits per heavy atom. The minimum Gasteiger partial charge on any atom is -0.508 e. The molecule has 0 radical (unpaired) electrons. The number of aliphatic hydroxyl groups excluding tert-OH is 4. The predicted octanol–water partition coefficient (Wildman–Crippen LogP) is 3.07. The van der Waals surface area contributed by atoms with Crippen LogP contribution in [0.1, 0.15) is 149 Å². The highest BCUT2D eigenvalue weighted by molar-refractivity contribution is 5.96. The van der Waals surface area contributed by atoms with Gasteiger partial charge in [-0.1, -0.05) is 103 Å². The van der Waals surface area contributed by atoms with Gasteiger partial charge < -0.3 is 46.8 Å². The van der Waals surface area contributed by atoms with Crippen LogP contribution >= 0.6 is 0 Å². The lowest BCUT2D eigenvalue weighted by atomic mass is 9.91. The molecule has 17 heteroatoms. The van der Waals surface area contributed by atoms with E-state index in [-0.39, 0.29) is 37.5 Å². The Labute approximate surface area is 384 Å². The van der Waals surface area contributed by atoms with Gasteiger partial charge in [0.1, 0.15) is 11.8 Å². The highest BCUT2D eigenvalue weighted by Gasteiger charge is 2.34. The van der Waals surface area contributed by atoms with Gasteiger partial charge in [0.2, 0.25) is 23.6 Å². The number of ketones is 4. The molecule has 0 fully saturated rings. The van der Waals surface area contributed by atoms with Crippen molar-refractivity contribution in [1.82, 2.24) is 21.3 Å². The number of phenols is 1. The van der Waals surface area contributed by atoms with E-state index in [4.69, 9.17) is 0 Å². The van der Waals surface area contributed by atoms with E-state index in [0.29, 0.717) is 12.0 Å². The van der Waals surface area contributed by atoms with Crippen LogP contribution in [0.4, 0.5) is 0 Å². The van der Waals surface area contributed by atoms with Gasteiger partial charge in [0.15, 0.2) is 23.1 Å². The molecule has 0 unspecified atom stereocenters. The van der Waals surface area contributed by atoms with Gasteiger partial charge in [0, 0.05) is 32.1 Å². The second-order valence-electron chi connectivity index (χ2n) is 17.2. The van der Waals surface area contributed by atoms with E-state index in [1.807, 2.05) is 0 Å². The number of hydrogen-bond acceptors (Lipinski definition) is 13. The lowest BCUT2D eigenvalue weighted by Gasteiger charge is -2.26. The van der Waals surface area contributed by atoms with E-state index < -0.39 is 122 Å². The maximum Gasteiger partial charge on any atom is 0.226 e. The van der Waals surface area contributed by atoms with Crippen molar-refractivity contribution in [3.8, 4) is 5.75 Å². The van der Waals surface area contributed by atoms with E-state index in [0.717, 1.165) is 19.3 Å². The normalized spacial score (nSPS) is 14.5. The van der Waals surface area contributed by atoms with Crippen LogP contribution < -0.4 is 21.3 Å². The average Bonchev–Trinajstić information content (AvgIpc) is 3.27. The lowest BCUT2D eigenvalue weighted by Crippen LogP contribution is -2.51. The van der Waals surface area contributed by atoms with Gasteiger partial charge in [-0.05, 0) is 44.4 Å². The molecule has 368 valence electrons. The third-order valence-corrected chi connectivity index (χ3v) is 11.5. The molecule has 65 heavy (non-hydrogen) atoms. The fourth-order valence-corrected chi connectivity index (χ4v) is 7.28. The molecule has 0 bridgehead atoms. The Bertz CT molecular complexity index is 1620. The molecule has 0 aromatic heterocycles. The summed E-state index contributed by atoms with van der Waals surface area (Å²) in [7, 11) is 0. The molecule has 0 aliphatic carbocycles. The molecule has 0 aliphatic rings. The zero-order valence-corrected chi connectivity index (χ0v) is 39.1. The smallest absolute Gasteiger partial charge is 0.226 e. The van der Waals surface area contributed by atoms with Gasteiger partial charge in [0.05, 0.1) is 62.3 Å². The summed E-state index contributed by atoms with van der Waals surface area (Å²) in [5, 5.41) is 60.0. The fourth-order valence-electron chi connectivity index (χ4n) is 7.28. The SMILES string of the molecule is CCCCCCCCCCCCCCCC(=O)NCC(=O)C[C@@H](CO)C(=O)NCC(=O)C[C@H](C(=O)N[C@@H](Cc1ccc(O)cc1)C(=O)C[C@@H](CO)C(=O)N[C@H](C(=O)CC)[C@@H](C)O)[C@@H](C)O. The molecule has 9 N–H and O–H groups in total. The number of benzene rings is 1. The standard InChI is InChI=1S/C48H78N4O13/c1-5-7-8-9-10-11-12-13-14-15-16-17-18-19-44(62)49-28-38(58)25-35(30-53)46(63)50-29-39(59)27-40(32(3)55)48(65)51-41(24-34-20-22-37(57)23-21-34)43(61)26-36(31-54)47(64)52-45(33(4)56)42(60)6-2/h20-23,32-33,35-36,40-41,45,53-57H,5-19,24-31H2,1-4H3,(H,49,62)(H,50,63)(H,51,65)(H,52,64)/t32-,33-,35+,36+,40+,41+,45+/m1/s1. The number of phenolic OH excluding ortho intramolecular Hbond substituents is 1. The van der Waals surface area contributed by atoms with Crippen molar-refractivity contribution in [3.63, 3.8) is 0 Å². The monoisotopic (exact) mass is 919 g/mol. The second kappa shape index (κ2) is 33.8. The van der Waals surface area contributed by atoms with Crippen LogP contribution in [0.3, 0.4) is 0 Å². The summed E-state index contributed by atoms with van der Waals surface area (Å²) >= 11 is 0. The summed E-state index contributed by atoms with van der Waals surface area (Å²) in [6.07, 6.45) is 11.1. The third-order valence-electron chi connectivity index (χ3n) is 11.5. The van der Waals surface area contributed by atoms with Crippen molar-refractivity contribution in [2.75, 3.05) is 26.3 Å². The Kier molecular flexibility index (Phi) is 30.4. The number of hydrogen-bond donors (Lipinski definition) is 9. The van der Waals surface area contributed by atoms with Crippen molar-refractivity contribution in [2.45, 2.75) is 174 Å². The van der Waals surface area contributed by atoms with E-state index in [1.54, 1.807) is 6.92 Å². The molecule has 4 amide bonds. The summed E-state index contributed by atoms with van der Waals surface area (Å²) in [5.41, 5.74) is 0.478. The number of nitrogens with one attached hydrogen (secondary N) is 4. The molecular weight excluding hydrogens is 841 g/mol. The van der Waals surface area contributed by atoms with Crippen molar-refractivity contribution in [2.24, 2.45) is 17.8 Å². The number of unbranched alkanes of at least 4 members (excludes halogenated alkanes) is 12. The molecule has 1 aromatic rings. The van der Waals surface area contributed by atoms with Crippen molar-refractivity contribution in [3.05, 3.63) is 29.8 Å². The fraction of sp³-hybridized carbons (Fsp3) is 0.708. The number of carbonyl (C=O) groups excluding carboxylic acids is 8. The first kappa shape index (κ1) is 58.4. The van der Waals surface area contributed by atoms with Gasteiger partial charge in [-0.15, -0.1) is 0 Å². The van der Waals surface area contributed by atoms with Crippen LogP contribution in [0.25, 0.3) is 0 Å². The van der Waals surface area contributed by atoms with Crippen LogP contribution in [0.15, 0.2) is 24.3 Å². The summed E-state index contributed by atoms with van der Waals surface area (Å²) in [5.74, 6) is -9.36. The quantitative estimate of drug-likeness (QED) is 0.0432. The van der Waals surface area contributed by atoms with Gasteiger partial charge >= 0.3 is 0 Å². The Morgan fingerprint density at radius 2 is 1.08 bits per heavy atom. The lowest BCUT2D eigenvalue weighted by molar-refractivity contribution is -0.137. The minimum atomic E-state index is -1.42. The number of carbonyl (C=O) groups is 8. The number of Topliss-reactive ketones (excluding diaryl/α,β-unsaturated/α-hetero) is 4. The van der Waals surface area contributed by atoms with Gasteiger partial charge in [0.25, 0.3) is 0 Å². The van der Waals surface area contributed by atoms with Crippen LogP contribution in [0, 0.1) is 17.8 Å². The average molecular weight is 919 g/mol. The van der Waals surface area contributed by atoms with Crippen LogP contribution in [0.2, 0.25) is 0 Å². The van der Waals surface area contributed by atoms with Gasteiger partial charge in [-0.25, -0.2) is 0 Å². The number of amides is 4. The highest BCUT2D eigenvalue weighted by atomic mass is 16.3. The van der Waals surface area contributed by atoms with E-state index in [1.165, 1.54) is 95.9 Å². The molecule has 0 saturated carbocycles. The maximum absolute atomic E-state index is 13.7. The zero-order valence-electron chi connectivity index (χ0n) is 39.1. The number of aromatic hydroxyl groups is 1.